The first-order chi connectivity index (χ1) is 6.75. The van der Waals surface area contributed by atoms with E-state index in [1.54, 1.807) is 6.07 Å². The van der Waals surface area contributed by atoms with Crippen molar-refractivity contribution >= 4 is 17.3 Å². The summed E-state index contributed by atoms with van der Waals surface area (Å²) in [7, 11) is 0. The molecule has 0 aromatic carbocycles. The average molecular weight is 209 g/mol. The fourth-order valence-corrected chi connectivity index (χ4v) is 2.34. The van der Waals surface area contributed by atoms with Crippen LogP contribution in [0.4, 0.5) is 0 Å². The Bertz CT molecular complexity index is 362. The molecular weight excluding hydrogens is 198 g/mol. The van der Waals surface area contributed by atoms with Crippen LogP contribution >= 0.6 is 11.3 Å². The minimum atomic E-state index is -0.833. The van der Waals surface area contributed by atoms with Crippen LogP contribution < -0.4 is 0 Å². The van der Waals surface area contributed by atoms with Gasteiger partial charge in [0.15, 0.2) is 0 Å². The van der Waals surface area contributed by atoms with Gasteiger partial charge in [0.2, 0.25) is 0 Å². The van der Waals surface area contributed by atoms with E-state index in [0.29, 0.717) is 4.88 Å². The molecule has 0 unspecified atom stereocenters. The van der Waals surface area contributed by atoms with Crippen molar-refractivity contribution in [2.75, 3.05) is 13.1 Å². The molecule has 3 nitrogen and oxygen atoms in total. The normalized spacial score (nSPS) is 16.3. The van der Waals surface area contributed by atoms with Crippen LogP contribution in [0.1, 0.15) is 14.5 Å². The molecule has 0 fully saturated rings. The van der Waals surface area contributed by atoms with E-state index >= 15 is 0 Å². The minimum Gasteiger partial charge on any atom is -0.477 e. The molecule has 0 bridgehead atoms. The largest absolute Gasteiger partial charge is 0.477 e. The van der Waals surface area contributed by atoms with Gasteiger partial charge < -0.3 is 5.11 Å². The molecule has 2 rings (SSSR count). The number of carbonyl (C=O) groups is 1. The van der Waals surface area contributed by atoms with Crippen LogP contribution in [0.15, 0.2) is 24.3 Å². The van der Waals surface area contributed by atoms with Crippen molar-refractivity contribution in [1.82, 2.24) is 4.90 Å². The van der Waals surface area contributed by atoms with Gasteiger partial charge in [-0.1, -0.05) is 12.2 Å². The van der Waals surface area contributed by atoms with Crippen molar-refractivity contribution in [3.63, 3.8) is 0 Å². The van der Waals surface area contributed by atoms with Crippen LogP contribution in [-0.4, -0.2) is 29.1 Å². The summed E-state index contributed by atoms with van der Waals surface area (Å²) in [4.78, 5) is 14.4. The first-order valence-electron chi connectivity index (χ1n) is 4.45. The zero-order chi connectivity index (χ0) is 9.97. The van der Waals surface area contributed by atoms with Crippen molar-refractivity contribution < 1.29 is 9.90 Å². The van der Waals surface area contributed by atoms with Gasteiger partial charge in [0.1, 0.15) is 4.88 Å². The van der Waals surface area contributed by atoms with Crippen molar-refractivity contribution in [3.8, 4) is 0 Å². The SMILES string of the molecule is O=C(O)c1ccc(CN2CC=CC2)s1. The molecule has 4 heteroatoms. The van der Waals surface area contributed by atoms with Gasteiger partial charge in [-0.05, 0) is 12.1 Å². The number of carboxylic acids is 1. The number of aromatic carboxylic acids is 1. The molecule has 0 aliphatic carbocycles. The molecule has 0 atom stereocenters. The van der Waals surface area contributed by atoms with Crippen LogP contribution in [0.5, 0.6) is 0 Å². The molecule has 1 aromatic rings. The number of thiophene rings is 1. The Kier molecular flexibility index (Phi) is 2.65. The maximum absolute atomic E-state index is 10.6. The third kappa shape index (κ3) is 2.02. The van der Waals surface area contributed by atoms with Crippen LogP contribution in [0.25, 0.3) is 0 Å². The van der Waals surface area contributed by atoms with Gasteiger partial charge in [-0.2, -0.15) is 0 Å². The molecule has 74 valence electrons. The van der Waals surface area contributed by atoms with E-state index in [1.165, 1.54) is 11.3 Å². The monoisotopic (exact) mass is 209 g/mol. The molecule has 0 amide bonds. The molecule has 2 heterocycles. The third-order valence-electron chi connectivity index (χ3n) is 2.15. The number of hydrogen-bond donors (Lipinski definition) is 1. The summed E-state index contributed by atoms with van der Waals surface area (Å²) in [5, 5.41) is 8.74. The molecule has 14 heavy (non-hydrogen) atoms. The Morgan fingerprint density at radius 3 is 2.71 bits per heavy atom. The van der Waals surface area contributed by atoms with E-state index in [9.17, 15) is 4.79 Å². The molecule has 0 saturated heterocycles. The Labute approximate surface area is 86.3 Å². The van der Waals surface area contributed by atoms with Crippen LogP contribution in [0.2, 0.25) is 0 Å². The topological polar surface area (TPSA) is 40.5 Å². The fourth-order valence-electron chi connectivity index (χ4n) is 1.45. The molecule has 1 aliphatic rings. The molecule has 1 aromatic heterocycles. The van der Waals surface area contributed by atoms with E-state index in [-0.39, 0.29) is 0 Å². The summed E-state index contributed by atoms with van der Waals surface area (Å²) in [6.45, 7) is 2.80. The number of nitrogens with zero attached hydrogens (tertiary/aromatic N) is 1. The highest BCUT2D eigenvalue weighted by Crippen LogP contribution is 2.19. The Morgan fingerprint density at radius 2 is 2.14 bits per heavy atom. The Hall–Kier alpha value is -1.13. The molecule has 1 N–H and O–H groups in total. The molecule has 0 radical (unpaired) electrons. The highest BCUT2D eigenvalue weighted by atomic mass is 32.1. The van der Waals surface area contributed by atoms with Gasteiger partial charge in [-0.15, -0.1) is 11.3 Å². The van der Waals surface area contributed by atoms with Crippen LogP contribution in [-0.2, 0) is 6.54 Å². The van der Waals surface area contributed by atoms with Gasteiger partial charge in [-0.25, -0.2) is 4.79 Å². The number of hydrogen-bond acceptors (Lipinski definition) is 3. The number of carboxylic acid groups (broad SMARTS) is 1. The standard InChI is InChI=1S/C10H11NO2S/c12-10(13)9-4-3-8(14-9)7-11-5-1-2-6-11/h1-4H,5-7H2,(H,12,13). The van der Waals surface area contributed by atoms with E-state index in [0.717, 1.165) is 24.5 Å². The number of rotatable bonds is 3. The third-order valence-corrected chi connectivity index (χ3v) is 3.20. The second-order valence-electron chi connectivity index (χ2n) is 3.24. The van der Waals surface area contributed by atoms with Crippen LogP contribution in [0.3, 0.4) is 0 Å². The first kappa shape index (κ1) is 9.43. The molecule has 0 saturated carbocycles. The fraction of sp³-hybridized carbons (Fsp3) is 0.300. The molecule has 0 spiro atoms. The molecule has 1 aliphatic heterocycles. The zero-order valence-electron chi connectivity index (χ0n) is 7.64. The van der Waals surface area contributed by atoms with Gasteiger partial charge in [-0.3, -0.25) is 4.90 Å². The Morgan fingerprint density at radius 1 is 1.43 bits per heavy atom. The lowest BCUT2D eigenvalue weighted by atomic mass is 10.4. The maximum atomic E-state index is 10.6. The zero-order valence-corrected chi connectivity index (χ0v) is 8.46. The van der Waals surface area contributed by atoms with Gasteiger partial charge in [0.05, 0.1) is 0 Å². The predicted octanol–water partition coefficient (Wildman–Crippen LogP) is 1.82. The summed E-state index contributed by atoms with van der Waals surface area (Å²) in [6, 6.07) is 3.57. The summed E-state index contributed by atoms with van der Waals surface area (Å²) in [5.74, 6) is -0.833. The minimum absolute atomic E-state index is 0.423. The quantitative estimate of drug-likeness (QED) is 0.772. The lowest BCUT2D eigenvalue weighted by Gasteiger charge is -2.12. The van der Waals surface area contributed by atoms with E-state index in [2.05, 4.69) is 17.1 Å². The van der Waals surface area contributed by atoms with E-state index in [1.807, 2.05) is 6.07 Å². The van der Waals surface area contributed by atoms with Crippen molar-refractivity contribution in [1.29, 1.82) is 0 Å². The van der Waals surface area contributed by atoms with Gasteiger partial charge in [0.25, 0.3) is 0 Å². The highest BCUT2D eigenvalue weighted by Gasteiger charge is 2.11. The second kappa shape index (κ2) is 3.94. The van der Waals surface area contributed by atoms with E-state index in [4.69, 9.17) is 5.11 Å². The first-order valence-corrected chi connectivity index (χ1v) is 5.27. The van der Waals surface area contributed by atoms with Crippen molar-refractivity contribution in [3.05, 3.63) is 34.0 Å². The Balaban J connectivity index is 1.99. The van der Waals surface area contributed by atoms with Crippen molar-refractivity contribution in [2.45, 2.75) is 6.54 Å². The van der Waals surface area contributed by atoms with Crippen molar-refractivity contribution in [2.24, 2.45) is 0 Å². The maximum Gasteiger partial charge on any atom is 0.345 e. The summed E-state index contributed by atoms with van der Waals surface area (Å²) >= 11 is 1.36. The lowest BCUT2D eigenvalue weighted by molar-refractivity contribution is 0.0702. The predicted molar refractivity (Wildman–Crippen MR) is 55.7 cm³/mol. The summed E-state index contributed by atoms with van der Waals surface area (Å²) < 4.78 is 0. The lowest BCUT2D eigenvalue weighted by Crippen LogP contribution is -2.18. The van der Waals surface area contributed by atoms with Gasteiger partial charge in [0, 0.05) is 24.5 Å². The van der Waals surface area contributed by atoms with E-state index < -0.39 is 5.97 Å². The van der Waals surface area contributed by atoms with Gasteiger partial charge >= 0.3 is 5.97 Å². The average Bonchev–Trinajstić information content (AvgIpc) is 2.75. The smallest absolute Gasteiger partial charge is 0.345 e. The molecular formula is C10H11NO2S. The second-order valence-corrected chi connectivity index (χ2v) is 4.40. The highest BCUT2D eigenvalue weighted by molar-refractivity contribution is 7.13. The van der Waals surface area contributed by atoms with Crippen LogP contribution in [0, 0.1) is 0 Å². The summed E-state index contributed by atoms with van der Waals surface area (Å²) in [5.41, 5.74) is 0. The summed E-state index contributed by atoms with van der Waals surface area (Å²) in [6.07, 6.45) is 4.26.